The Kier molecular flexibility index (Phi) is 7.88. The Balaban J connectivity index is 1.79. The molecular weight excluding hydrogens is 190 g/mol. The van der Waals surface area contributed by atoms with Crippen molar-refractivity contribution in [2.75, 3.05) is 32.9 Å². The largest absolute Gasteiger partial charge is 0.379 e. The van der Waals surface area contributed by atoms with Crippen LogP contribution in [0.3, 0.4) is 0 Å². The summed E-state index contributed by atoms with van der Waals surface area (Å²) in [5, 5.41) is 3.30. The van der Waals surface area contributed by atoms with E-state index < -0.39 is 0 Å². The summed E-state index contributed by atoms with van der Waals surface area (Å²) in [7, 11) is 0. The molecule has 0 aromatic carbocycles. The summed E-state index contributed by atoms with van der Waals surface area (Å²) in [6, 6.07) is 0. The smallest absolute Gasteiger partial charge is 0.0933 e. The molecule has 0 spiro atoms. The molecule has 0 amide bonds. The molecule has 1 aliphatic rings. The second-order valence-electron chi connectivity index (χ2n) is 4.19. The quantitative estimate of drug-likeness (QED) is 0.628. The van der Waals surface area contributed by atoms with Crippen LogP contribution in [0.1, 0.15) is 39.0 Å². The average Bonchev–Trinajstić information content (AvgIpc) is 2.29. The molecule has 3 nitrogen and oxygen atoms in total. The van der Waals surface area contributed by atoms with E-state index in [9.17, 15) is 0 Å². The van der Waals surface area contributed by atoms with Crippen LogP contribution >= 0.6 is 0 Å². The maximum Gasteiger partial charge on any atom is 0.0933 e. The first-order valence-electron chi connectivity index (χ1n) is 6.33. The van der Waals surface area contributed by atoms with E-state index in [-0.39, 0.29) is 6.10 Å². The second kappa shape index (κ2) is 9.13. The fourth-order valence-corrected chi connectivity index (χ4v) is 1.75. The van der Waals surface area contributed by atoms with Gasteiger partial charge in [0.05, 0.1) is 19.3 Å². The van der Waals surface area contributed by atoms with Crippen molar-refractivity contribution >= 4 is 0 Å². The Morgan fingerprint density at radius 1 is 1.27 bits per heavy atom. The maximum atomic E-state index is 5.59. The monoisotopic (exact) mass is 215 g/mol. The molecule has 0 radical (unpaired) electrons. The van der Waals surface area contributed by atoms with Gasteiger partial charge in [0.1, 0.15) is 0 Å². The van der Waals surface area contributed by atoms with E-state index >= 15 is 0 Å². The third kappa shape index (κ3) is 6.88. The van der Waals surface area contributed by atoms with Gasteiger partial charge in [0, 0.05) is 19.7 Å². The van der Waals surface area contributed by atoms with Gasteiger partial charge < -0.3 is 14.8 Å². The number of ether oxygens (including phenoxy) is 2. The standard InChI is InChI=1S/C12H25NO2/c1-2-3-4-5-6-8-14-11-12-10-13-7-9-15-12/h12-13H,2-11H2,1H3. The molecule has 0 aliphatic carbocycles. The molecule has 0 aromatic heterocycles. The SMILES string of the molecule is CCCCCCCOCC1CNCCO1. The molecule has 1 saturated heterocycles. The minimum Gasteiger partial charge on any atom is -0.379 e. The highest BCUT2D eigenvalue weighted by Crippen LogP contribution is 2.03. The summed E-state index contributed by atoms with van der Waals surface area (Å²) in [5.74, 6) is 0. The average molecular weight is 215 g/mol. The fourth-order valence-electron chi connectivity index (χ4n) is 1.75. The van der Waals surface area contributed by atoms with Crippen LogP contribution in [-0.2, 0) is 9.47 Å². The molecule has 3 heteroatoms. The van der Waals surface area contributed by atoms with Crippen molar-refractivity contribution < 1.29 is 9.47 Å². The summed E-state index contributed by atoms with van der Waals surface area (Å²) >= 11 is 0. The van der Waals surface area contributed by atoms with Crippen molar-refractivity contribution in [3.05, 3.63) is 0 Å². The molecule has 1 atom stereocenters. The summed E-state index contributed by atoms with van der Waals surface area (Å²) in [5.41, 5.74) is 0. The number of morpholine rings is 1. The van der Waals surface area contributed by atoms with Crippen molar-refractivity contribution in [2.24, 2.45) is 0 Å². The van der Waals surface area contributed by atoms with Crippen molar-refractivity contribution in [3.8, 4) is 0 Å². The van der Waals surface area contributed by atoms with Gasteiger partial charge in [-0.1, -0.05) is 32.6 Å². The predicted octanol–water partition coefficient (Wildman–Crippen LogP) is 1.96. The van der Waals surface area contributed by atoms with Crippen LogP contribution in [0.4, 0.5) is 0 Å². The zero-order valence-corrected chi connectivity index (χ0v) is 9.96. The van der Waals surface area contributed by atoms with Gasteiger partial charge in [-0.3, -0.25) is 0 Å². The zero-order chi connectivity index (χ0) is 10.8. The van der Waals surface area contributed by atoms with Gasteiger partial charge in [-0.2, -0.15) is 0 Å². The molecule has 15 heavy (non-hydrogen) atoms. The molecule has 90 valence electrons. The Morgan fingerprint density at radius 3 is 2.87 bits per heavy atom. The fraction of sp³-hybridized carbons (Fsp3) is 1.00. The van der Waals surface area contributed by atoms with E-state index in [1.165, 1.54) is 32.1 Å². The van der Waals surface area contributed by atoms with Crippen molar-refractivity contribution in [3.63, 3.8) is 0 Å². The summed E-state index contributed by atoms with van der Waals surface area (Å²) in [6.45, 7) is 6.63. The minimum atomic E-state index is 0.273. The lowest BCUT2D eigenvalue weighted by molar-refractivity contribution is -0.0319. The maximum absolute atomic E-state index is 5.59. The zero-order valence-electron chi connectivity index (χ0n) is 9.96. The van der Waals surface area contributed by atoms with E-state index in [1.807, 2.05) is 0 Å². The lowest BCUT2D eigenvalue weighted by atomic mass is 10.2. The molecule has 1 rings (SSSR count). The van der Waals surface area contributed by atoms with E-state index in [4.69, 9.17) is 9.47 Å². The lowest BCUT2D eigenvalue weighted by Gasteiger charge is -2.23. The van der Waals surface area contributed by atoms with Gasteiger partial charge in [0.25, 0.3) is 0 Å². The first-order valence-corrected chi connectivity index (χ1v) is 6.33. The molecular formula is C12H25NO2. The highest BCUT2D eigenvalue weighted by Gasteiger charge is 2.12. The normalized spacial score (nSPS) is 21.8. The second-order valence-corrected chi connectivity index (χ2v) is 4.19. The van der Waals surface area contributed by atoms with Gasteiger partial charge in [-0.25, -0.2) is 0 Å². The summed E-state index contributed by atoms with van der Waals surface area (Å²) < 4.78 is 11.1. The van der Waals surface area contributed by atoms with Crippen molar-refractivity contribution in [1.82, 2.24) is 5.32 Å². The highest BCUT2D eigenvalue weighted by atomic mass is 16.5. The molecule has 0 bridgehead atoms. The molecule has 1 fully saturated rings. The molecule has 1 heterocycles. The van der Waals surface area contributed by atoms with Crippen LogP contribution in [0.5, 0.6) is 0 Å². The van der Waals surface area contributed by atoms with Crippen LogP contribution in [0.25, 0.3) is 0 Å². The topological polar surface area (TPSA) is 30.5 Å². The Hall–Kier alpha value is -0.120. The Bertz CT molecular complexity index is 136. The van der Waals surface area contributed by atoms with Crippen LogP contribution in [0.15, 0.2) is 0 Å². The number of unbranched alkanes of at least 4 members (excludes halogenated alkanes) is 4. The minimum absolute atomic E-state index is 0.273. The summed E-state index contributed by atoms with van der Waals surface area (Å²) in [6.07, 6.45) is 6.78. The van der Waals surface area contributed by atoms with Gasteiger partial charge >= 0.3 is 0 Å². The predicted molar refractivity (Wildman–Crippen MR) is 62.2 cm³/mol. The Morgan fingerprint density at radius 2 is 2.13 bits per heavy atom. The van der Waals surface area contributed by atoms with Crippen LogP contribution in [-0.4, -0.2) is 39.0 Å². The third-order valence-electron chi connectivity index (χ3n) is 2.70. The Labute approximate surface area is 93.5 Å². The highest BCUT2D eigenvalue weighted by molar-refractivity contribution is 4.65. The molecule has 1 N–H and O–H groups in total. The number of nitrogens with one attached hydrogen (secondary N) is 1. The summed E-state index contributed by atoms with van der Waals surface area (Å²) in [4.78, 5) is 0. The molecule has 0 saturated carbocycles. The van der Waals surface area contributed by atoms with Gasteiger partial charge in [0.2, 0.25) is 0 Å². The first-order chi connectivity index (χ1) is 7.43. The van der Waals surface area contributed by atoms with E-state index in [1.54, 1.807) is 0 Å². The van der Waals surface area contributed by atoms with Gasteiger partial charge in [-0.05, 0) is 6.42 Å². The van der Waals surface area contributed by atoms with Crippen LogP contribution < -0.4 is 5.32 Å². The first kappa shape index (κ1) is 12.9. The number of rotatable bonds is 8. The van der Waals surface area contributed by atoms with E-state index in [0.29, 0.717) is 0 Å². The van der Waals surface area contributed by atoms with Crippen molar-refractivity contribution in [1.29, 1.82) is 0 Å². The van der Waals surface area contributed by atoms with Gasteiger partial charge in [-0.15, -0.1) is 0 Å². The van der Waals surface area contributed by atoms with E-state index in [2.05, 4.69) is 12.2 Å². The number of hydrogen-bond donors (Lipinski definition) is 1. The van der Waals surface area contributed by atoms with Gasteiger partial charge in [0.15, 0.2) is 0 Å². The van der Waals surface area contributed by atoms with Crippen LogP contribution in [0.2, 0.25) is 0 Å². The molecule has 0 aromatic rings. The third-order valence-corrected chi connectivity index (χ3v) is 2.70. The lowest BCUT2D eigenvalue weighted by Crippen LogP contribution is -2.41. The van der Waals surface area contributed by atoms with Crippen molar-refractivity contribution in [2.45, 2.75) is 45.1 Å². The van der Waals surface area contributed by atoms with E-state index in [0.717, 1.165) is 32.9 Å². The van der Waals surface area contributed by atoms with Crippen LogP contribution in [0, 0.1) is 0 Å². The molecule has 1 unspecified atom stereocenters. The number of hydrogen-bond acceptors (Lipinski definition) is 3. The molecule has 1 aliphatic heterocycles.